The van der Waals surface area contributed by atoms with Gasteiger partial charge in [-0.3, -0.25) is 15.0 Å². The van der Waals surface area contributed by atoms with Crippen LogP contribution in [0.2, 0.25) is 5.02 Å². The van der Waals surface area contributed by atoms with Crippen molar-refractivity contribution >= 4 is 23.4 Å². The van der Waals surface area contributed by atoms with Gasteiger partial charge in [0.25, 0.3) is 5.91 Å². The molecule has 2 aliphatic heterocycles. The zero-order valence-corrected chi connectivity index (χ0v) is 24.3. The van der Waals surface area contributed by atoms with Gasteiger partial charge in [-0.05, 0) is 95.9 Å². The molecule has 4 rings (SSSR count). The van der Waals surface area contributed by atoms with Crippen molar-refractivity contribution in [3.05, 3.63) is 34.9 Å². The Morgan fingerprint density at radius 1 is 1.05 bits per heavy atom. The molecule has 8 heteroatoms. The Labute approximate surface area is 234 Å². The van der Waals surface area contributed by atoms with Crippen LogP contribution in [0, 0.1) is 11.3 Å². The molecule has 0 aromatic heterocycles. The highest BCUT2D eigenvalue weighted by Crippen LogP contribution is 2.46. The smallest absolute Gasteiger partial charge is 0.251 e. The first kappa shape index (κ1) is 29.3. The van der Waals surface area contributed by atoms with Gasteiger partial charge in [-0.1, -0.05) is 43.0 Å². The van der Waals surface area contributed by atoms with E-state index < -0.39 is 0 Å². The van der Waals surface area contributed by atoms with Crippen molar-refractivity contribution in [3.63, 3.8) is 0 Å². The lowest BCUT2D eigenvalue weighted by molar-refractivity contribution is -0.143. The normalized spacial score (nSPS) is 23.6. The molecule has 1 aromatic rings. The largest absolute Gasteiger partial charge is 0.351 e. The molecule has 2 saturated heterocycles. The summed E-state index contributed by atoms with van der Waals surface area (Å²) in [4.78, 5) is 27.2. The van der Waals surface area contributed by atoms with Crippen molar-refractivity contribution in [2.45, 2.75) is 103 Å². The highest BCUT2D eigenvalue weighted by Gasteiger charge is 2.48. The first-order chi connectivity index (χ1) is 18.1. The second-order valence-corrected chi connectivity index (χ2v) is 13.2. The van der Waals surface area contributed by atoms with E-state index in [0.717, 1.165) is 50.8 Å². The standard InChI is InChI=1S/C30H48ClN5O2/c1-29(2,3)34-28(38)30(23-8-5-4-6-9-23)15-18-36(19-16-30)35-27(37)26(33-21-25-10-7-17-32-25)20-22-11-13-24(31)14-12-22/h11-14,23,25-26,32-33H,4-10,15-21H2,1-3H3,(H,34,38)(H,35,37)/t25-,26-/m1/s1. The van der Waals surface area contributed by atoms with Crippen molar-refractivity contribution < 1.29 is 9.59 Å². The van der Waals surface area contributed by atoms with E-state index in [1.54, 1.807) is 0 Å². The first-order valence-electron chi connectivity index (χ1n) is 14.7. The molecule has 212 valence electrons. The number of carbonyl (C=O) groups is 2. The number of halogens is 1. The van der Waals surface area contributed by atoms with Crippen LogP contribution in [-0.2, 0) is 16.0 Å². The predicted molar refractivity (Wildman–Crippen MR) is 154 cm³/mol. The molecule has 2 atom stereocenters. The van der Waals surface area contributed by atoms with Crippen LogP contribution in [0.4, 0.5) is 0 Å². The molecular weight excluding hydrogens is 498 g/mol. The maximum atomic E-state index is 13.7. The monoisotopic (exact) mass is 545 g/mol. The Hall–Kier alpha value is -1.67. The van der Waals surface area contributed by atoms with Gasteiger partial charge in [0.2, 0.25) is 5.91 Å². The predicted octanol–water partition coefficient (Wildman–Crippen LogP) is 4.20. The summed E-state index contributed by atoms with van der Waals surface area (Å²) in [7, 11) is 0. The number of hydrazine groups is 1. The molecule has 1 saturated carbocycles. The number of carbonyl (C=O) groups excluding carboxylic acids is 2. The molecule has 0 spiro atoms. The van der Waals surface area contributed by atoms with Gasteiger partial charge in [-0.2, -0.15) is 0 Å². The SMILES string of the molecule is CC(C)(C)NC(=O)C1(C2CCCCC2)CCN(NC(=O)[C@@H](Cc2ccc(Cl)cc2)NC[C@H]2CCCN2)CC1. The number of amides is 2. The Morgan fingerprint density at radius 2 is 1.74 bits per heavy atom. The number of benzene rings is 1. The molecule has 3 fully saturated rings. The quantitative estimate of drug-likeness (QED) is 0.374. The van der Waals surface area contributed by atoms with Gasteiger partial charge in [0.05, 0.1) is 11.5 Å². The molecule has 0 unspecified atom stereocenters. The number of rotatable bonds is 9. The van der Waals surface area contributed by atoms with E-state index in [4.69, 9.17) is 11.6 Å². The van der Waals surface area contributed by atoms with Gasteiger partial charge in [-0.25, -0.2) is 5.01 Å². The molecule has 4 N–H and O–H groups in total. The summed E-state index contributed by atoms with van der Waals surface area (Å²) < 4.78 is 0. The van der Waals surface area contributed by atoms with Gasteiger partial charge >= 0.3 is 0 Å². The first-order valence-corrected chi connectivity index (χ1v) is 15.1. The molecule has 38 heavy (non-hydrogen) atoms. The number of nitrogens with one attached hydrogen (secondary N) is 4. The lowest BCUT2D eigenvalue weighted by atomic mass is 9.63. The van der Waals surface area contributed by atoms with E-state index in [-0.39, 0.29) is 28.8 Å². The van der Waals surface area contributed by atoms with Crippen molar-refractivity contribution in [3.8, 4) is 0 Å². The Balaban J connectivity index is 1.40. The number of hydrogen-bond donors (Lipinski definition) is 4. The van der Waals surface area contributed by atoms with Gasteiger partial charge in [0.1, 0.15) is 0 Å². The maximum absolute atomic E-state index is 13.7. The average molecular weight is 546 g/mol. The number of piperidine rings is 1. The van der Waals surface area contributed by atoms with Crippen LogP contribution in [0.5, 0.6) is 0 Å². The van der Waals surface area contributed by atoms with Crippen molar-refractivity contribution in [2.24, 2.45) is 11.3 Å². The fourth-order valence-electron chi connectivity index (χ4n) is 6.52. The van der Waals surface area contributed by atoms with Crippen LogP contribution >= 0.6 is 11.6 Å². The van der Waals surface area contributed by atoms with Crippen LogP contribution < -0.4 is 21.4 Å². The van der Waals surface area contributed by atoms with Crippen LogP contribution in [0.15, 0.2) is 24.3 Å². The molecule has 7 nitrogen and oxygen atoms in total. The fourth-order valence-corrected chi connectivity index (χ4v) is 6.65. The minimum Gasteiger partial charge on any atom is -0.351 e. The van der Waals surface area contributed by atoms with E-state index in [1.807, 2.05) is 29.3 Å². The summed E-state index contributed by atoms with van der Waals surface area (Å²) in [5.41, 5.74) is 3.69. The lowest BCUT2D eigenvalue weighted by Gasteiger charge is -2.47. The van der Waals surface area contributed by atoms with Crippen LogP contribution in [-0.4, -0.2) is 60.6 Å². The minimum absolute atomic E-state index is 0.0118. The van der Waals surface area contributed by atoms with E-state index in [1.165, 1.54) is 25.7 Å². The summed E-state index contributed by atoms with van der Waals surface area (Å²) in [6, 6.07) is 7.80. The van der Waals surface area contributed by atoms with Crippen molar-refractivity contribution in [1.82, 2.24) is 26.4 Å². The topological polar surface area (TPSA) is 85.5 Å². The second-order valence-electron chi connectivity index (χ2n) is 12.7. The summed E-state index contributed by atoms with van der Waals surface area (Å²) in [5, 5.41) is 13.1. The van der Waals surface area contributed by atoms with E-state index in [2.05, 4.69) is 42.1 Å². The molecule has 0 bridgehead atoms. The molecule has 0 radical (unpaired) electrons. The summed E-state index contributed by atoms with van der Waals surface area (Å²) in [5.74, 6) is 0.617. The number of nitrogens with zero attached hydrogens (tertiary/aromatic N) is 1. The van der Waals surface area contributed by atoms with Crippen LogP contribution in [0.25, 0.3) is 0 Å². The third kappa shape index (κ3) is 7.93. The lowest BCUT2D eigenvalue weighted by Crippen LogP contribution is -2.60. The Morgan fingerprint density at radius 3 is 2.34 bits per heavy atom. The number of hydrogen-bond acceptors (Lipinski definition) is 5. The third-order valence-corrected chi connectivity index (χ3v) is 8.95. The van der Waals surface area contributed by atoms with E-state index in [9.17, 15) is 9.59 Å². The van der Waals surface area contributed by atoms with Gasteiger partial charge < -0.3 is 16.0 Å². The highest BCUT2D eigenvalue weighted by molar-refractivity contribution is 6.30. The zero-order chi connectivity index (χ0) is 27.2. The molecular formula is C30H48ClN5O2. The van der Waals surface area contributed by atoms with Gasteiger partial charge in [0.15, 0.2) is 0 Å². The van der Waals surface area contributed by atoms with Crippen molar-refractivity contribution in [2.75, 3.05) is 26.2 Å². The van der Waals surface area contributed by atoms with E-state index in [0.29, 0.717) is 36.5 Å². The minimum atomic E-state index is -0.343. The van der Waals surface area contributed by atoms with Crippen LogP contribution in [0.3, 0.4) is 0 Å². The summed E-state index contributed by atoms with van der Waals surface area (Å²) in [6.45, 7) is 9.37. The molecule has 3 aliphatic rings. The zero-order valence-electron chi connectivity index (χ0n) is 23.6. The molecule has 2 amide bonds. The van der Waals surface area contributed by atoms with Gasteiger partial charge in [0, 0.05) is 36.2 Å². The third-order valence-electron chi connectivity index (χ3n) is 8.69. The highest BCUT2D eigenvalue weighted by atomic mass is 35.5. The summed E-state index contributed by atoms with van der Waals surface area (Å²) in [6.07, 6.45) is 10.4. The second kappa shape index (κ2) is 13.1. The Kier molecular flexibility index (Phi) is 10.1. The van der Waals surface area contributed by atoms with E-state index >= 15 is 0 Å². The molecule has 2 heterocycles. The average Bonchev–Trinajstić information content (AvgIpc) is 3.41. The van der Waals surface area contributed by atoms with Crippen LogP contribution in [0.1, 0.15) is 84.1 Å². The summed E-state index contributed by atoms with van der Waals surface area (Å²) >= 11 is 6.09. The van der Waals surface area contributed by atoms with Crippen molar-refractivity contribution in [1.29, 1.82) is 0 Å². The molecule has 1 aliphatic carbocycles. The molecule has 1 aromatic carbocycles. The Bertz CT molecular complexity index is 912. The van der Waals surface area contributed by atoms with Gasteiger partial charge in [-0.15, -0.1) is 0 Å². The fraction of sp³-hybridized carbons (Fsp3) is 0.733. The maximum Gasteiger partial charge on any atom is 0.251 e.